The van der Waals surface area contributed by atoms with E-state index in [9.17, 15) is 14.0 Å². The quantitative estimate of drug-likeness (QED) is 0.810. The first-order chi connectivity index (χ1) is 11.1. The van der Waals surface area contributed by atoms with Crippen molar-refractivity contribution in [3.8, 4) is 0 Å². The highest BCUT2D eigenvalue weighted by Crippen LogP contribution is 2.35. The predicted octanol–water partition coefficient (Wildman–Crippen LogP) is 2.25. The van der Waals surface area contributed by atoms with Crippen LogP contribution in [0, 0.1) is 11.7 Å². The van der Waals surface area contributed by atoms with Crippen LogP contribution in [0.3, 0.4) is 0 Å². The number of carbonyl (C=O) groups excluding carboxylic acids is 1. The van der Waals surface area contributed by atoms with E-state index < -0.39 is 0 Å². The van der Waals surface area contributed by atoms with Crippen molar-refractivity contribution in [3.63, 3.8) is 0 Å². The third kappa shape index (κ3) is 2.46. The number of aromatic nitrogens is 1. The van der Waals surface area contributed by atoms with Crippen molar-refractivity contribution in [2.24, 2.45) is 5.92 Å². The molecule has 23 heavy (non-hydrogen) atoms. The third-order valence-corrected chi connectivity index (χ3v) is 4.86. The molecule has 0 radical (unpaired) electrons. The maximum absolute atomic E-state index is 13.0. The van der Waals surface area contributed by atoms with Crippen LogP contribution in [-0.2, 0) is 6.54 Å². The SMILES string of the molecule is O=C(c1ccc(F)cc1)N1C[C@@H]2C[C@H](C1)c1cccc(=O)n1C2. The molecule has 0 N–H and O–H groups in total. The fourth-order valence-corrected chi connectivity index (χ4v) is 3.84. The van der Waals surface area contributed by atoms with Gasteiger partial charge in [-0.15, -0.1) is 0 Å². The molecule has 1 aromatic heterocycles. The zero-order valence-corrected chi connectivity index (χ0v) is 12.6. The first-order valence-corrected chi connectivity index (χ1v) is 7.86. The van der Waals surface area contributed by atoms with Gasteiger partial charge in [-0.2, -0.15) is 0 Å². The van der Waals surface area contributed by atoms with Gasteiger partial charge in [0.1, 0.15) is 5.82 Å². The van der Waals surface area contributed by atoms with E-state index in [-0.39, 0.29) is 23.2 Å². The van der Waals surface area contributed by atoms with E-state index in [1.165, 1.54) is 24.3 Å². The van der Waals surface area contributed by atoms with Gasteiger partial charge < -0.3 is 9.47 Å². The minimum atomic E-state index is -0.342. The van der Waals surface area contributed by atoms with E-state index in [2.05, 4.69) is 0 Å². The number of carbonyl (C=O) groups is 1. The average molecular weight is 312 g/mol. The second-order valence-electron chi connectivity index (χ2n) is 6.42. The van der Waals surface area contributed by atoms with Crippen molar-refractivity contribution < 1.29 is 9.18 Å². The Balaban J connectivity index is 1.62. The first kappa shape index (κ1) is 14.2. The van der Waals surface area contributed by atoms with Gasteiger partial charge in [0.25, 0.3) is 11.5 Å². The molecule has 1 fully saturated rings. The van der Waals surface area contributed by atoms with Gasteiger partial charge in [-0.1, -0.05) is 6.07 Å². The minimum Gasteiger partial charge on any atom is -0.338 e. The van der Waals surface area contributed by atoms with Gasteiger partial charge in [0.2, 0.25) is 0 Å². The lowest BCUT2D eigenvalue weighted by Crippen LogP contribution is -2.49. The normalized spacial score (nSPS) is 22.6. The molecule has 1 aromatic carbocycles. The lowest BCUT2D eigenvalue weighted by molar-refractivity contribution is 0.0594. The Labute approximate surface area is 133 Å². The lowest BCUT2D eigenvalue weighted by atomic mass is 9.83. The summed E-state index contributed by atoms with van der Waals surface area (Å²) >= 11 is 0. The van der Waals surface area contributed by atoms with Crippen LogP contribution in [0.15, 0.2) is 47.3 Å². The molecule has 4 rings (SSSR count). The number of piperidine rings is 1. The number of amides is 1. The van der Waals surface area contributed by atoms with Crippen LogP contribution in [0.5, 0.6) is 0 Å². The summed E-state index contributed by atoms with van der Waals surface area (Å²) in [4.78, 5) is 26.5. The Morgan fingerprint density at radius 2 is 1.83 bits per heavy atom. The van der Waals surface area contributed by atoms with Crippen LogP contribution < -0.4 is 5.56 Å². The fraction of sp³-hybridized carbons (Fsp3) is 0.333. The van der Waals surface area contributed by atoms with Crippen LogP contribution in [0.25, 0.3) is 0 Å². The summed E-state index contributed by atoms with van der Waals surface area (Å²) in [5, 5.41) is 0. The number of halogens is 1. The number of hydrogen-bond acceptors (Lipinski definition) is 2. The van der Waals surface area contributed by atoms with Crippen LogP contribution in [0.1, 0.15) is 28.4 Å². The Morgan fingerprint density at radius 3 is 2.61 bits per heavy atom. The summed E-state index contributed by atoms with van der Waals surface area (Å²) in [7, 11) is 0. The second-order valence-corrected chi connectivity index (χ2v) is 6.42. The standard InChI is InChI=1S/C18H17FN2O2/c19-15-6-4-13(5-7-15)18(23)20-9-12-8-14(11-20)16-2-1-3-17(22)21(16)10-12/h1-7,12,14H,8-11H2/t12-,14+/m0/s1. The van der Waals surface area contributed by atoms with E-state index in [0.717, 1.165) is 12.1 Å². The lowest BCUT2D eigenvalue weighted by Gasteiger charge is -2.42. The Hall–Kier alpha value is -2.43. The molecular formula is C18H17FN2O2. The number of hydrogen-bond donors (Lipinski definition) is 0. The number of likely N-dealkylation sites (tertiary alicyclic amines) is 1. The molecule has 1 amide bonds. The van der Waals surface area contributed by atoms with Crippen LogP contribution in [-0.4, -0.2) is 28.5 Å². The molecule has 1 saturated heterocycles. The molecule has 2 bridgehead atoms. The largest absolute Gasteiger partial charge is 0.338 e. The van der Waals surface area contributed by atoms with Crippen molar-refractivity contribution in [3.05, 3.63) is 69.9 Å². The van der Waals surface area contributed by atoms with Gasteiger partial charge in [0.15, 0.2) is 0 Å². The van der Waals surface area contributed by atoms with Crippen molar-refractivity contribution in [1.29, 1.82) is 0 Å². The summed E-state index contributed by atoms with van der Waals surface area (Å²) in [5.74, 6) is 0.0864. The summed E-state index contributed by atoms with van der Waals surface area (Å²) in [5.41, 5.74) is 1.57. The molecule has 4 nitrogen and oxygen atoms in total. The number of fused-ring (bicyclic) bond motifs is 4. The second kappa shape index (κ2) is 5.33. The Bertz CT molecular complexity index is 813. The average Bonchev–Trinajstić information content (AvgIpc) is 2.56. The molecule has 118 valence electrons. The first-order valence-electron chi connectivity index (χ1n) is 7.86. The number of pyridine rings is 1. The van der Waals surface area contributed by atoms with Crippen LogP contribution in [0.2, 0.25) is 0 Å². The van der Waals surface area contributed by atoms with Gasteiger partial charge >= 0.3 is 0 Å². The van der Waals surface area contributed by atoms with E-state index in [1.807, 2.05) is 15.5 Å². The number of rotatable bonds is 1. The van der Waals surface area contributed by atoms with Gasteiger partial charge in [0.05, 0.1) is 0 Å². The summed E-state index contributed by atoms with van der Waals surface area (Å²) in [6.07, 6.45) is 1.01. The van der Waals surface area contributed by atoms with E-state index in [1.54, 1.807) is 12.1 Å². The zero-order chi connectivity index (χ0) is 16.0. The molecule has 2 aliphatic heterocycles. The number of nitrogens with zero attached hydrogens (tertiary/aromatic N) is 2. The summed E-state index contributed by atoms with van der Waals surface area (Å²) in [6, 6.07) is 11.0. The molecule has 2 atom stereocenters. The molecule has 2 aromatic rings. The molecule has 0 aliphatic carbocycles. The maximum atomic E-state index is 13.0. The maximum Gasteiger partial charge on any atom is 0.253 e. The Kier molecular flexibility index (Phi) is 3.29. The van der Waals surface area contributed by atoms with Crippen molar-refractivity contribution >= 4 is 5.91 Å². The highest BCUT2D eigenvalue weighted by atomic mass is 19.1. The monoisotopic (exact) mass is 312 g/mol. The topological polar surface area (TPSA) is 42.3 Å². The van der Waals surface area contributed by atoms with E-state index in [0.29, 0.717) is 31.1 Å². The zero-order valence-electron chi connectivity index (χ0n) is 12.6. The van der Waals surface area contributed by atoms with Gasteiger partial charge in [0, 0.05) is 42.9 Å². The van der Waals surface area contributed by atoms with Crippen LogP contribution in [0.4, 0.5) is 4.39 Å². The van der Waals surface area contributed by atoms with Crippen molar-refractivity contribution in [2.75, 3.05) is 13.1 Å². The van der Waals surface area contributed by atoms with Crippen molar-refractivity contribution in [2.45, 2.75) is 18.9 Å². The van der Waals surface area contributed by atoms with E-state index >= 15 is 0 Å². The minimum absolute atomic E-state index is 0.0375. The van der Waals surface area contributed by atoms with Gasteiger partial charge in [-0.25, -0.2) is 4.39 Å². The smallest absolute Gasteiger partial charge is 0.253 e. The molecular weight excluding hydrogens is 295 g/mol. The van der Waals surface area contributed by atoms with Gasteiger partial charge in [-0.3, -0.25) is 9.59 Å². The Morgan fingerprint density at radius 1 is 1.04 bits per heavy atom. The molecule has 2 aliphatic rings. The molecule has 3 heterocycles. The van der Waals surface area contributed by atoms with Crippen LogP contribution >= 0.6 is 0 Å². The molecule has 5 heteroatoms. The highest BCUT2D eigenvalue weighted by molar-refractivity contribution is 5.94. The highest BCUT2D eigenvalue weighted by Gasteiger charge is 2.36. The molecule has 0 saturated carbocycles. The molecule has 0 unspecified atom stereocenters. The van der Waals surface area contributed by atoms with Crippen molar-refractivity contribution in [1.82, 2.24) is 9.47 Å². The number of benzene rings is 1. The third-order valence-electron chi connectivity index (χ3n) is 4.86. The summed E-state index contributed by atoms with van der Waals surface area (Å²) < 4.78 is 14.9. The molecule has 0 spiro atoms. The fourth-order valence-electron chi connectivity index (χ4n) is 3.84. The predicted molar refractivity (Wildman–Crippen MR) is 83.9 cm³/mol. The summed E-state index contributed by atoms with van der Waals surface area (Å²) in [6.45, 7) is 1.92. The van der Waals surface area contributed by atoms with E-state index in [4.69, 9.17) is 0 Å². The van der Waals surface area contributed by atoms with Gasteiger partial charge in [-0.05, 0) is 42.7 Å².